The second-order valence-electron chi connectivity index (χ2n) is 3.85. The molecule has 3 N–H and O–H groups in total. The summed E-state index contributed by atoms with van der Waals surface area (Å²) in [5.74, 6) is -0.510. The van der Waals surface area contributed by atoms with E-state index in [2.05, 4.69) is 10.4 Å². The number of aromatic nitrogens is 2. The van der Waals surface area contributed by atoms with Gasteiger partial charge in [0.1, 0.15) is 0 Å². The lowest BCUT2D eigenvalue weighted by molar-refractivity contribution is 0.100. The van der Waals surface area contributed by atoms with E-state index in [-0.39, 0.29) is 0 Å². The first kappa shape index (κ1) is 12.6. The monoisotopic (exact) mass is 264 g/mol. The van der Waals surface area contributed by atoms with Crippen LogP contribution in [0.1, 0.15) is 15.9 Å². The van der Waals surface area contributed by atoms with Crippen molar-refractivity contribution in [3.8, 4) is 5.69 Å². The van der Waals surface area contributed by atoms with Gasteiger partial charge in [0, 0.05) is 12.7 Å². The first-order valence-corrected chi connectivity index (χ1v) is 5.77. The largest absolute Gasteiger partial charge is 0.366 e. The molecule has 2 aromatic rings. The summed E-state index contributed by atoms with van der Waals surface area (Å²) in [6.07, 6.45) is 2.97. The van der Waals surface area contributed by atoms with Crippen LogP contribution in [0, 0.1) is 0 Å². The van der Waals surface area contributed by atoms with E-state index in [0.29, 0.717) is 16.3 Å². The van der Waals surface area contributed by atoms with Gasteiger partial charge in [-0.15, -0.1) is 0 Å². The molecule has 0 bridgehead atoms. The number of carbonyl (C=O) groups excluding carboxylic acids is 1. The topological polar surface area (TPSA) is 72.9 Å². The first-order chi connectivity index (χ1) is 8.61. The standard InChI is InChI=1S/C12H13ClN4O/c1-15-5-8-2-3-11(10(13)4-8)17-7-9(6-16-17)12(14)18/h2-4,6-7,15H,5H2,1H3,(H2,14,18). The number of amides is 1. The van der Waals surface area contributed by atoms with E-state index >= 15 is 0 Å². The molecule has 94 valence electrons. The molecular weight excluding hydrogens is 252 g/mol. The molecule has 2 rings (SSSR count). The van der Waals surface area contributed by atoms with Gasteiger partial charge in [-0.2, -0.15) is 5.10 Å². The zero-order valence-corrected chi connectivity index (χ0v) is 10.6. The molecule has 0 atom stereocenters. The Bertz CT molecular complexity index is 579. The van der Waals surface area contributed by atoms with Crippen LogP contribution in [0.15, 0.2) is 30.6 Å². The van der Waals surface area contributed by atoms with Crippen molar-refractivity contribution in [1.29, 1.82) is 0 Å². The van der Waals surface area contributed by atoms with Crippen LogP contribution in [-0.2, 0) is 6.54 Å². The summed E-state index contributed by atoms with van der Waals surface area (Å²) in [6.45, 7) is 0.742. The summed E-state index contributed by atoms with van der Waals surface area (Å²) >= 11 is 6.18. The Kier molecular flexibility index (Phi) is 3.64. The van der Waals surface area contributed by atoms with E-state index in [1.165, 1.54) is 10.9 Å². The SMILES string of the molecule is CNCc1ccc(-n2cc(C(N)=O)cn2)c(Cl)c1. The van der Waals surface area contributed by atoms with Gasteiger partial charge in [0.25, 0.3) is 5.91 Å². The van der Waals surface area contributed by atoms with E-state index in [4.69, 9.17) is 17.3 Å². The van der Waals surface area contributed by atoms with Gasteiger partial charge in [-0.05, 0) is 24.7 Å². The highest BCUT2D eigenvalue weighted by molar-refractivity contribution is 6.32. The van der Waals surface area contributed by atoms with E-state index in [1.54, 1.807) is 6.20 Å². The van der Waals surface area contributed by atoms with Gasteiger partial charge in [-0.1, -0.05) is 17.7 Å². The first-order valence-electron chi connectivity index (χ1n) is 5.39. The molecule has 1 aromatic carbocycles. The Hall–Kier alpha value is -1.85. The van der Waals surface area contributed by atoms with Gasteiger partial charge in [-0.3, -0.25) is 4.79 Å². The number of primary amides is 1. The van der Waals surface area contributed by atoms with Crippen LogP contribution in [0.2, 0.25) is 5.02 Å². The van der Waals surface area contributed by atoms with Gasteiger partial charge in [0.15, 0.2) is 0 Å². The number of nitrogens with two attached hydrogens (primary N) is 1. The average molecular weight is 265 g/mol. The number of nitrogens with one attached hydrogen (secondary N) is 1. The van der Waals surface area contributed by atoms with Crippen molar-refractivity contribution in [2.24, 2.45) is 5.73 Å². The van der Waals surface area contributed by atoms with Crippen molar-refractivity contribution in [1.82, 2.24) is 15.1 Å². The maximum atomic E-state index is 11.0. The van der Waals surface area contributed by atoms with E-state index in [9.17, 15) is 4.79 Å². The molecule has 0 fully saturated rings. The highest BCUT2D eigenvalue weighted by atomic mass is 35.5. The molecule has 0 saturated heterocycles. The molecule has 0 aliphatic heterocycles. The second kappa shape index (κ2) is 5.20. The summed E-state index contributed by atoms with van der Waals surface area (Å²) < 4.78 is 1.53. The summed E-state index contributed by atoms with van der Waals surface area (Å²) in [6, 6.07) is 5.66. The van der Waals surface area contributed by atoms with Crippen molar-refractivity contribution in [3.63, 3.8) is 0 Å². The second-order valence-corrected chi connectivity index (χ2v) is 4.26. The molecule has 18 heavy (non-hydrogen) atoms. The Labute approximate surface area is 110 Å². The number of benzene rings is 1. The minimum absolute atomic E-state index is 0.352. The molecule has 1 aromatic heterocycles. The minimum atomic E-state index is -0.510. The number of carbonyl (C=O) groups is 1. The molecule has 0 aliphatic carbocycles. The maximum Gasteiger partial charge on any atom is 0.251 e. The Morgan fingerprint density at radius 1 is 1.56 bits per heavy atom. The summed E-state index contributed by atoms with van der Waals surface area (Å²) in [5, 5.41) is 7.68. The molecule has 0 radical (unpaired) electrons. The molecule has 0 saturated carbocycles. The third-order valence-electron chi connectivity index (χ3n) is 2.51. The third kappa shape index (κ3) is 2.52. The molecule has 5 nitrogen and oxygen atoms in total. The highest BCUT2D eigenvalue weighted by Crippen LogP contribution is 2.21. The molecule has 0 unspecified atom stereocenters. The predicted molar refractivity (Wildman–Crippen MR) is 69.9 cm³/mol. The lowest BCUT2D eigenvalue weighted by atomic mass is 10.2. The van der Waals surface area contributed by atoms with Crippen LogP contribution >= 0.6 is 11.6 Å². The highest BCUT2D eigenvalue weighted by Gasteiger charge is 2.08. The van der Waals surface area contributed by atoms with Crippen LogP contribution in [0.4, 0.5) is 0 Å². The third-order valence-corrected chi connectivity index (χ3v) is 2.81. The van der Waals surface area contributed by atoms with Crippen LogP contribution in [0.3, 0.4) is 0 Å². The average Bonchev–Trinajstić information content (AvgIpc) is 2.79. The number of hydrogen-bond acceptors (Lipinski definition) is 3. The smallest absolute Gasteiger partial charge is 0.251 e. The predicted octanol–water partition coefficient (Wildman–Crippen LogP) is 1.34. The van der Waals surface area contributed by atoms with Gasteiger partial charge in [0.2, 0.25) is 0 Å². The van der Waals surface area contributed by atoms with Crippen molar-refractivity contribution < 1.29 is 4.79 Å². The summed E-state index contributed by atoms with van der Waals surface area (Å²) in [5.41, 5.74) is 7.31. The summed E-state index contributed by atoms with van der Waals surface area (Å²) in [4.78, 5) is 11.0. The molecule has 6 heteroatoms. The number of hydrogen-bond donors (Lipinski definition) is 2. The van der Waals surface area contributed by atoms with Gasteiger partial charge in [-0.25, -0.2) is 4.68 Å². The quantitative estimate of drug-likeness (QED) is 0.875. The van der Waals surface area contributed by atoms with Crippen molar-refractivity contribution in [2.45, 2.75) is 6.54 Å². The fourth-order valence-corrected chi connectivity index (χ4v) is 1.92. The number of halogens is 1. The van der Waals surface area contributed by atoms with Gasteiger partial charge in [0.05, 0.1) is 22.5 Å². The summed E-state index contributed by atoms with van der Waals surface area (Å²) in [7, 11) is 1.87. The van der Waals surface area contributed by atoms with Crippen molar-refractivity contribution in [2.75, 3.05) is 7.05 Å². The Morgan fingerprint density at radius 2 is 2.33 bits per heavy atom. The normalized spacial score (nSPS) is 10.6. The van der Waals surface area contributed by atoms with Gasteiger partial charge < -0.3 is 11.1 Å². The Morgan fingerprint density at radius 3 is 2.89 bits per heavy atom. The van der Waals surface area contributed by atoms with Crippen LogP contribution < -0.4 is 11.1 Å². The van der Waals surface area contributed by atoms with Crippen molar-refractivity contribution >= 4 is 17.5 Å². The number of rotatable bonds is 4. The van der Waals surface area contributed by atoms with Crippen LogP contribution in [0.25, 0.3) is 5.69 Å². The van der Waals surface area contributed by atoms with Crippen LogP contribution in [-0.4, -0.2) is 22.7 Å². The zero-order chi connectivity index (χ0) is 13.1. The van der Waals surface area contributed by atoms with E-state index in [0.717, 1.165) is 12.1 Å². The molecule has 1 heterocycles. The van der Waals surface area contributed by atoms with Crippen molar-refractivity contribution in [3.05, 3.63) is 46.7 Å². The van der Waals surface area contributed by atoms with E-state index in [1.807, 2.05) is 25.2 Å². The maximum absolute atomic E-state index is 11.0. The van der Waals surface area contributed by atoms with Crippen LogP contribution in [0.5, 0.6) is 0 Å². The Balaban J connectivity index is 2.35. The molecule has 1 amide bonds. The minimum Gasteiger partial charge on any atom is -0.366 e. The molecule has 0 spiro atoms. The number of nitrogens with zero attached hydrogens (tertiary/aromatic N) is 2. The fraction of sp³-hybridized carbons (Fsp3) is 0.167. The van der Waals surface area contributed by atoms with Gasteiger partial charge >= 0.3 is 0 Å². The zero-order valence-electron chi connectivity index (χ0n) is 9.85. The lowest BCUT2D eigenvalue weighted by Crippen LogP contribution is -2.09. The fourth-order valence-electron chi connectivity index (χ4n) is 1.63. The lowest BCUT2D eigenvalue weighted by Gasteiger charge is -2.06. The molecular formula is C12H13ClN4O. The molecule has 0 aliphatic rings. The van der Waals surface area contributed by atoms with E-state index < -0.39 is 5.91 Å².